The molecule has 0 bridgehead atoms. The first-order valence-electron chi connectivity index (χ1n) is 7.14. The van der Waals surface area contributed by atoms with E-state index >= 15 is 0 Å². The Kier molecular flexibility index (Phi) is 4.12. The summed E-state index contributed by atoms with van der Waals surface area (Å²) in [5, 5.41) is 27.1. The molecule has 1 aromatic heterocycles. The summed E-state index contributed by atoms with van der Waals surface area (Å²) in [5.74, 6) is -0.533. The lowest BCUT2D eigenvalue weighted by Gasteiger charge is -2.07. The molecule has 3 rings (SSSR count). The Morgan fingerprint density at radius 1 is 1.28 bits per heavy atom. The molecule has 0 radical (unpaired) electrons. The minimum absolute atomic E-state index is 0.245. The molecule has 2 aromatic carbocycles. The van der Waals surface area contributed by atoms with Crippen molar-refractivity contribution in [3.05, 3.63) is 64.0 Å². The van der Waals surface area contributed by atoms with Crippen molar-refractivity contribution < 1.29 is 19.3 Å². The number of aromatic hydroxyl groups is 1. The summed E-state index contributed by atoms with van der Waals surface area (Å²) in [7, 11) is 0. The molecule has 0 atom stereocenters. The molecule has 0 aliphatic heterocycles. The van der Waals surface area contributed by atoms with Crippen molar-refractivity contribution in [3.63, 3.8) is 0 Å². The zero-order valence-corrected chi connectivity index (χ0v) is 13.0. The number of hydrogen-bond acceptors (Lipinski definition) is 7. The Morgan fingerprint density at radius 2 is 2.04 bits per heavy atom. The van der Waals surface area contributed by atoms with Crippen LogP contribution >= 0.6 is 0 Å². The van der Waals surface area contributed by atoms with E-state index in [9.17, 15) is 20.0 Å². The predicted octanol–water partition coefficient (Wildman–Crippen LogP) is 2.91. The molecule has 1 amide bonds. The van der Waals surface area contributed by atoms with Crippen molar-refractivity contribution in [2.24, 2.45) is 0 Å². The number of phenolic OH excluding ortho intramolecular Hbond substituents is 1. The number of aryl methyl sites for hydroxylation is 1. The van der Waals surface area contributed by atoms with Crippen molar-refractivity contribution in [3.8, 4) is 17.1 Å². The lowest BCUT2D eigenvalue weighted by Crippen LogP contribution is -2.14. The highest BCUT2D eigenvalue weighted by Gasteiger charge is 2.24. The molecule has 0 saturated heterocycles. The number of para-hydroxylation sites is 1. The number of amides is 1. The van der Waals surface area contributed by atoms with Gasteiger partial charge in [-0.2, -0.15) is 4.98 Å². The van der Waals surface area contributed by atoms with Crippen LogP contribution in [-0.4, -0.2) is 26.1 Å². The Balaban J connectivity index is 1.90. The number of hydrogen-bond donors (Lipinski definition) is 2. The highest BCUT2D eigenvalue weighted by molar-refractivity contribution is 6.07. The van der Waals surface area contributed by atoms with Gasteiger partial charge in [0, 0.05) is 18.2 Å². The Morgan fingerprint density at radius 3 is 2.72 bits per heavy atom. The molecular weight excluding hydrogens is 328 g/mol. The smallest absolute Gasteiger partial charge is 0.323 e. The number of nitrogens with one attached hydrogen (secondary N) is 1. The Hall–Kier alpha value is -3.75. The maximum Gasteiger partial charge on any atom is 0.323 e. The van der Waals surface area contributed by atoms with Crippen LogP contribution in [0.25, 0.3) is 11.4 Å². The van der Waals surface area contributed by atoms with Gasteiger partial charge in [-0.25, -0.2) is 0 Å². The zero-order valence-electron chi connectivity index (χ0n) is 13.0. The van der Waals surface area contributed by atoms with E-state index in [1.807, 2.05) is 0 Å². The van der Waals surface area contributed by atoms with E-state index in [1.165, 1.54) is 12.1 Å². The molecule has 0 saturated carbocycles. The number of rotatable bonds is 4. The average Bonchev–Trinajstić information content (AvgIpc) is 3.01. The average molecular weight is 340 g/mol. The topological polar surface area (TPSA) is 131 Å². The maximum atomic E-state index is 12.4. The van der Waals surface area contributed by atoms with E-state index in [4.69, 9.17) is 4.52 Å². The summed E-state index contributed by atoms with van der Waals surface area (Å²) in [4.78, 5) is 26.7. The fraction of sp³-hybridized carbons (Fsp3) is 0.0625. The van der Waals surface area contributed by atoms with E-state index in [1.54, 1.807) is 31.2 Å². The van der Waals surface area contributed by atoms with Crippen LogP contribution in [-0.2, 0) is 0 Å². The quantitative estimate of drug-likeness (QED) is 0.551. The van der Waals surface area contributed by atoms with Gasteiger partial charge in [-0.05, 0) is 24.3 Å². The molecular formula is C16H12N4O5. The molecule has 2 N–H and O–H groups in total. The number of nitro benzene ring substituents is 1. The largest absolute Gasteiger partial charge is 0.502 e. The second kappa shape index (κ2) is 6.40. The molecule has 9 heteroatoms. The minimum atomic E-state index is -0.803. The van der Waals surface area contributed by atoms with E-state index in [-0.39, 0.29) is 5.56 Å². The van der Waals surface area contributed by atoms with Crippen LogP contribution in [0.4, 0.5) is 11.4 Å². The number of benzene rings is 2. The second-order valence-electron chi connectivity index (χ2n) is 5.10. The van der Waals surface area contributed by atoms with Gasteiger partial charge in [0.15, 0.2) is 5.75 Å². The van der Waals surface area contributed by atoms with Crippen molar-refractivity contribution in [2.45, 2.75) is 6.92 Å². The highest BCUT2D eigenvalue weighted by atomic mass is 16.6. The van der Waals surface area contributed by atoms with E-state index in [0.717, 1.165) is 6.07 Å². The predicted molar refractivity (Wildman–Crippen MR) is 87.2 cm³/mol. The van der Waals surface area contributed by atoms with E-state index < -0.39 is 22.3 Å². The van der Waals surface area contributed by atoms with Gasteiger partial charge in [0.05, 0.1) is 4.92 Å². The fourth-order valence-corrected chi connectivity index (χ4v) is 2.26. The molecule has 0 spiro atoms. The number of phenols is 1. The number of carbonyl (C=O) groups is 1. The van der Waals surface area contributed by atoms with Crippen LogP contribution in [0.3, 0.4) is 0 Å². The molecule has 0 aliphatic carbocycles. The SMILES string of the molecule is Cc1nc(-c2cccc(NC(=O)c3cccc(O)c3[N+](=O)[O-])c2)no1. The third kappa shape index (κ3) is 3.29. The van der Waals surface area contributed by atoms with Crippen LogP contribution in [0.15, 0.2) is 47.0 Å². The normalized spacial score (nSPS) is 10.4. The van der Waals surface area contributed by atoms with Crippen LogP contribution in [0.5, 0.6) is 5.75 Å². The van der Waals surface area contributed by atoms with Crippen LogP contribution < -0.4 is 5.32 Å². The summed E-state index contributed by atoms with van der Waals surface area (Å²) < 4.78 is 4.91. The molecule has 1 heterocycles. The van der Waals surface area contributed by atoms with Gasteiger partial charge >= 0.3 is 5.69 Å². The molecule has 9 nitrogen and oxygen atoms in total. The number of nitrogens with zero attached hydrogens (tertiary/aromatic N) is 3. The summed E-state index contributed by atoms with van der Waals surface area (Å²) in [5.41, 5.74) is 0.110. The molecule has 0 aliphatic rings. The molecule has 126 valence electrons. The van der Waals surface area contributed by atoms with Crippen LogP contribution in [0.1, 0.15) is 16.2 Å². The zero-order chi connectivity index (χ0) is 18.0. The summed E-state index contributed by atoms with van der Waals surface area (Å²) >= 11 is 0. The molecule has 0 unspecified atom stereocenters. The van der Waals surface area contributed by atoms with Gasteiger partial charge in [-0.1, -0.05) is 23.4 Å². The lowest BCUT2D eigenvalue weighted by atomic mass is 10.1. The Bertz CT molecular complexity index is 967. The van der Waals surface area contributed by atoms with Crippen molar-refractivity contribution >= 4 is 17.3 Å². The third-order valence-corrected chi connectivity index (χ3v) is 3.35. The van der Waals surface area contributed by atoms with E-state index in [0.29, 0.717) is 23.0 Å². The van der Waals surface area contributed by atoms with E-state index in [2.05, 4.69) is 15.5 Å². The number of anilines is 1. The maximum absolute atomic E-state index is 12.4. The molecule has 25 heavy (non-hydrogen) atoms. The van der Waals surface area contributed by atoms with Gasteiger partial charge < -0.3 is 14.9 Å². The van der Waals surface area contributed by atoms with Crippen molar-refractivity contribution in [1.29, 1.82) is 0 Å². The standard InChI is InChI=1S/C16H12N4O5/c1-9-17-15(19-25-9)10-4-2-5-11(8-10)18-16(22)12-6-3-7-13(21)14(12)20(23)24/h2-8,21H,1H3,(H,18,22). The fourth-order valence-electron chi connectivity index (χ4n) is 2.26. The highest BCUT2D eigenvalue weighted by Crippen LogP contribution is 2.30. The number of aromatic nitrogens is 2. The van der Waals surface area contributed by atoms with Gasteiger partial charge in [-0.3, -0.25) is 14.9 Å². The number of nitro groups is 1. The van der Waals surface area contributed by atoms with Gasteiger partial charge in [0.25, 0.3) is 5.91 Å². The summed E-state index contributed by atoms with van der Waals surface area (Å²) in [6.07, 6.45) is 0. The lowest BCUT2D eigenvalue weighted by molar-refractivity contribution is -0.386. The van der Waals surface area contributed by atoms with Crippen molar-refractivity contribution in [2.75, 3.05) is 5.32 Å². The monoisotopic (exact) mass is 340 g/mol. The first-order chi connectivity index (χ1) is 12.0. The number of carbonyl (C=O) groups excluding carboxylic acids is 1. The summed E-state index contributed by atoms with van der Waals surface area (Å²) in [6, 6.07) is 10.4. The van der Waals surface area contributed by atoms with Gasteiger partial charge in [0.2, 0.25) is 11.7 Å². The minimum Gasteiger partial charge on any atom is -0.502 e. The van der Waals surface area contributed by atoms with Crippen molar-refractivity contribution in [1.82, 2.24) is 10.1 Å². The first-order valence-corrected chi connectivity index (χ1v) is 7.14. The molecule has 0 fully saturated rings. The summed E-state index contributed by atoms with van der Waals surface area (Å²) in [6.45, 7) is 1.66. The van der Waals surface area contributed by atoms with Gasteiger partial charge in [0.1, 0.15) is 5.56 Å². The molecule has 3 aromatic rings. The van der Waals surface area contributed by atoms with Crippen LogP contribution in [0.2, 0.25) is 0 Å². The van der Waals surface area contributed by atoms with Crippen LogP contribution in [0, 0.1) is 17.0 Å². The second-order valence-corrected chi connectivity index (χ2v) is 5.10. The van der Waals surface area contributed by atoms with Gasteiger partial charge in [-0.15, -0.1) is 0 Å². The Labute approximate surface area is 141 Å². The first kappa shape index (κ1) is 16.1. The third-order valence-electron chi connectivity index (χ3n) is 3.35.